The van der Waals surface area contributed by atoms with Crippen LogP contribution in [0.1, 0.15) is 93.6 Å². The van der Waals surface area contributed by atoms with Gasteiger partial charge in [-0.25, -0.2) is 4.98 Å². The number of pyridine rings is 1. The Labute approximate surface area is 195 Å². The van der Waals surface area contributed by atoms with Crippen LogP contribution in [-0.4, -0.2) is 57.8 Å². The molecule has 6 nitrogen and oxygen atoms in total. The number of aromatic nitrogens is 1. The van der Waals surface area contributed by atoms with Crippen molar-refractivity contribution < 1.29 is 14.7 Å². The standard InChI is InChI=1S/C25H37N3O3S/c1-2-15-32-23-20(24(31)28(19-9-10-19)18-7-4-3-5-8-18)11-12-21(27-23)25(16-22(29)30)13-6-14-26-17-25/h11-12,18-19,26H,2-10,13-17H2,1H3,(H,29,30)/t25-/m0/s1. The summed E-state index contributed by atoms with van der Waals surface area (Å²) in [6, 6.07) is 4.62. The van der Waals surface area contributed by atoms with E-state index >= 15 is 0 Å². The number of nitrogens with zero attached hydrogens (tertiary/aromatic N) is 2. The number of rotatable bonds is 9. The van der Waals surface area contributed by atoms with Crippen molar-refractivity contribution in [3.63, 3.8) is 0 Å². The molecule has 7 heteroatoms. The minimum absolute atomic E-state index is 0.0639. The second-order valence-electron chi connectivity index (χ2n) is 9.76. The van der Waals surface area contributed by atoms with Gasteiger partial charge in [-0.2, -0.15) is 0 Å². The Morgan fingerprint density at radius 3 is 2.53 bits per heavy atom. The van der Waals surface area contributed by atoms with Crippen LogP contribution in [0.3, 0.4) is 0 Å². The van der Waals surface area contributed by atoms with E-state index in [1.165, 1.54) is 19.3 Å². The molecular weight excluding hydrogens is 422 g/mol. The predicted octanol–water partition coefficient (Wildman–Crippen LogP) is 4.62. The van der Waals surface area contributed by atoms with Crippen LogP contribution in [0.25, 0.3) is 0 Å². The molecule has 3 aliphatic rings. The zero-order chi connectivity index (χ0) is 22.6. The lowest BCUT2D eigenvalue weighted by atomic mass is 9.74. The maximum absolute atomic E-state index is 13.8. The van der Waals surface area contributed by atoms with Gasteiger partial charge in [0.25, 0.3) is 5.91 Å². The normalized spacial score (nSPS) is 24.3. The number of nitrogens with one attached hydrogen (secondary N) is 1. The molecule has 2 heterocycles. The average molecular weight is 460 g/mol. The number of carboxylic acid groups (broad SMARTS) is 1. The van der Waals surface area contributed by atoms with Crippen molar-refractivity contribution in [2.75, 3.05) is 18.8 Å². The second kappa shape index (κ2) is 10.6. The van der Waals surface area contributed by atoms with Gasteiger partial charge in [-0.3, -0.25) is 9.59 Å². The fraction of sp³-hybridized carbons (Fsp3) is 0.720. The molecule has 176 valence electrons. The molecule has 1 saturated heterocycles. The van der Waals surface area contributed by atoms with Gasteiger partial charge in [0.2, 0.25) is 0 Å². The third-order valence-corrected chi connectivity index (χ3v) is 8.38. The van der Waals surface area contributed by atoms with Crippen LogP contribution in [0.5, 0.6) is 0 Å². The minimum Gasteiger partial charge on any atom is -0.481 e. The molecule has 3 fully saturated rings. The first-order valence-corrected chi connectivity index (χ1v) is 13.4. The number of hydrogen-bond acceptors (Lipinski definition) is 5. The van der Waals surface area contributed by atoms with Crippen molar-refractivity contribution in [1.82, 2.24) is 15.2 Å². The fourth-order valence-corrected chi connectivity index (χ4v) is 6.28. The van der Waals surface area contributed by atoms with Gasteiger partial charge in [-0.1, -0.05) is 26.2 Å². The highest BCUT2D eigenvalue weighted by Crippen LogP contribution is 2.38. The van der Waals surface area contributed by atoms with E-state index < -0.39 is 11.4 Å². The zero-order valence-corrected chi connectivity index (χ0v) is 20.1. The Morgan fingerprint density at radius 1 is 1.16 bits per heavy atom. The zero-order valence-electron chi connectivity index (χ0n) is 19.3. The third-order valence-electron chi connectivity index (χ3n) is 7.18. The number of hydrogen-bond donors (Lipinski definition) is 2. The van der Waals surface area contributed by atoms with Gasteiger partial charge >= 0.3 is 5.97 Å². The van der Waals surface area contributed by atoms with Gasteiger partial charge < -0.3 is 15.3 Å². The molecule has 1 aromatic heterocycles. The molecule has 0 radical (unpaired) electrons. The van der Waals surface area contributed by atoms with Crippen molar-refractivity contribution in [3.8, 4) is 0 Å². The summed E-state index contributed by atoms with van der Waals surface area (Å²) in [6.45, 7) is 3.66. The van der Waals surface area contributed by atoms with Crippen LogP contribution < -0.4 is 5.32 Å². The van der Waals surface area contributed by atoms with E-state index in [1.807, 2.05) is 12.1 Å². The van der Waals surface area contributed by atoms with Crippen molar-refractivity contribution in [2.45, 2.75) is 100 Å². The quantitative estimate of drug-likeness (QED) is 0.525. The molecule has 2 saturated carbocycles. The van der Waals surface area contributed by atoms with E-state index in [9.17, 15) is 14.7 Å². The van der Waals surface area contributed by atoms with Crippen molar-refractivity contribution in [2.24, 2.45) is 0 Å². The molecule has 1 amide bonds. The third kappa shape index (κ3) is 5.30. The highest BCUT2D eigenvalue weighted by Gasteiger charge is 2.41. The monoisotopic (exact) mass is 459 g/mol. The van der Waals surface area contributed by atoms with Gasteiger partial charge in [-0.05, 0) is 69.4 Å². The lowest BCUT2D eigenvalue weighted by Crippen LogP contribution is -2.46. The number of piperidine rings is 1. The van der Waals surface area contributed by atoms with E-state index in [0.717, 1.165) is 68.0 Å². The second-order valence-corrected chi connectivity index (χ2v) is 10.8. The first-order valence-electron chi connectivity index (χ1n) is 12.4. The molecule has 1 atom stereocenters. The van der Waals surface area contributed by atoms with Gasteiger partial charge in [0.15, 0.2) is 0 Å². The summed E-state index contributed by atoms with van der Waals surface area (Å²) in [5.41, 5.74) is 1.02. The number of carboxylic acids is 1. The Bertz CT molecular complexity index is 815. The van der Waals surface area contributed by atoms with Gasteiger partial charge in [0.05, 0.1) is 12.0 Å². The Kier molecular flexibility index (Phi) is 7.77. The molecule has 0 aromatic carbocycles. The average Bonchev–Trinajstić information content (AvgIpc) is 3.63. The number of aliphatic carboxylic acids is 1. The molecule has 1 aromatic rings. The molecule has 0 unspecified atom stereocenters. The number of amides is 1. The van der Waals surface area contributed by atoms with Crippen molar-refractivity contribution >= 4 is 23.6 Å². The Morgan fingerprint density at radius 2 is 1.91 bits per heavy atom. The van der Waals surface area contributed by atoms with Gasteiger partial charge in [-0.15, -0.1) is 11.8 Å². The SMILES string of the molecule is CCCSc1nc([C@]2(CC(=O)O)CCCNC2)ccc1C(=O)N(C1CCCCC1)C1CC1. The first-order chi connectivity index (χ1) is 15.5. The maximum Gasteiger partial charge on any atom is 0.304 e. The van der Waals surface area contributed by atoms with Crippen LogP contribution in [0.15, 0.2) is 17.2 Å². The number of carbonyl (C=O) groups excluding carboxylic acids is 1. The molecular formula is C25H37N3O3S. The topological polar surface area (TPSA) is 82.5 Å². The molecule has 0 bridgehead atoms. The van der Waals surface area contributed by atoms with Crippen LogP contribution in [0.4, 0.5) is 0 Å². The summed E-state index contributed by atoms with van der Waals surface area (Å²) in [7, 11) is 0. The highest BCUT2D eigenvalue weighted by atomic mass is 32.2. The lowest BCUT2D eigenvalue weighted by Gasteiger charge is -2.37. The molecule has 0 spiro atoms. The van der Waals surface area contributed by atoms with E-state index in [-0.39, 0.29) is 12.3 Å². The molecule has 2 N–H and O–H groups in total. The van der Waals surface area contributed by atoms with Crippen LogP contribution in [0.2, 0.25) is 0 Å². The first kappa shape index (κ1) is 23.6. The molecule has 4 rings (SSSR count). The highest BCUT2D eigenvalue weighted by molar-refractivity contribution is 7.99. The Balaban J connectivity index is 1.67. The summed E-state index contributed by atoms with van der Waals surface area (Å²) >= 11 is 1.64. The smallest absolute Gasteiger partial charge is 0.304 e. The summed E-state index contributed by atoms with van der Waals surface area (Å²) in [5, 5.41) is 13.8. The molecule has 32 heavy (non-hydrogen) atoms. The number of carbonyl (C=O) groups is 2. The number of thioether (sulfide) groups is 1. The van der Waals surface area contributed by atoms with Crippen LogP contribution in [-0.2, 0) is 10.2 Å². The largest absolute Gasteiger partial charge is 0.481 e. The summed E-state index contributed by atoms with van der Waals surface area (Å²) < 4.78 is 0. The minimum atomic E-state index is -0.796. The lowest BCUT2D eigenvalue weighted by molar-refractivity contribution is -0.138. The summed E-state index contributed by atoms with van der Waals surface area (Å²) in [6.07, 6.45) is 10.9. The maximum atomic E-state index is 13.8. The van der Waals surface area contributed by atoms with Gasteiger partial charge in [0.1, 0.15) is 5.03 Å². The van der Waals surface area contributed by atoms with Crippen LogP contribution in [0, 0.1) is 0 Å². The van der Waals surface area contributed by atoms with E-state index in [0.29, 0.717) is 24.2 Å². The molecule has 2 aliphatic carbocycles. The summed E-state index contributed by atoms with van der Waals surface area (Å²) in [4.78, 5) is 32.7. The predicted molar refractivity (Wildman–Crippen MR) is 127 cm³/mol. The van der Waals surface area contributed by atoms with Gasteiger partial charge in [0, 0.05) is 29.7 Å². The molecule has 1 aliphatic heterocycles. The Hall–Kier alpha value is -1.60. The van der Waals surface area contributed by atoms with Crippen molar-refractivity contribution in [3.05, 3.63) is 23.4 Å². The van der Waals surface area contributed by atoms with Crippen LogP contribution >= 0.6 is 11.8 Å². The van der Waals surface area contributed by atoms with E-state index in [1.54, 1.807) is 11.8 Å². The van der Waals surface area contributed by atoms with E-state index in [4.69, 9.17) is 4.98 Å². The van der Waals surface area contributed by atoms with Crippen molar-refractivity contribution in [1.29, 1.82) is 0 Å². The van der Waals surface area contributed by atoms with E-state index in [2.05, 4.69) is 17.1 Å². The fourth-order valence-electron chi connectivity index (χ4n) is 5.41. The summed E-state index contributed by atoms with van der Waals surface area (Å²) in [5.74, 6) is 0.232.